The highest BCUT2D eigenvalue weighted by molar-refractivity contribution is 7.22. The number of benzene rings is 1. The highest BCUT2D eigenvalue weighted by Crippen LogP contribution is 2.35. The van der Waals surface area contributed by atoms with Crippen LogP contribution in [-0.4, -0.2) is 21.0 Å². The summed E-state index contributed by atoms with van der Waals surface area (Å²) in [5, 5.41) is 9.99. The van der Waals surface area contributed by atoms with Crippen molar-refractivity contribution in [1.82, 2.24) is 9.97 Å². The Morgan fingerprint density at radius 1 is 1.21 bits per heavy atom. The topological polar surface area (TPSA) is 63.1 Å². The second-order valence-electron chi connectivity index (χ2n) is 3.73. The Bertz CT molecular complexity index is 706. The number of carbonyl (C=O) groups is 1. The number of thiazole rings is 2. The van der Waals surface area contributed by atoms with Gasteiger partial charge >= 0.3 is 5.97 Å². The molecule has 2 aromatic heterocycles. The summed E-state index contributed by atoms with van der Waals surface area (Å²) in [6, 6.07) is 9.34. The van der Waals surface area contributed by atoms with Gasteiger partial charge in [0.05, 0.1) is 16.1 Å². The Morgan fingerprint density at radius 3 is 2.63 bits per heavy atom. The molecular weight excluding hydrogens is 280 g/mol. The molecular formula is C13H8N2O2S2. The largest absolute Gasteiger partial charge is 0.477 e. The third-order valence-electron chi connectivity index (χ3n) is 2.51. The predicted octanol–water partition coefficient (Wildman–Crippen LogP) is 3.63. The van der Waals surface area contributed by atoms with Crippen molar-refractivity contribution < 1.29 is 9.90 Å². The number of rotatable bonds is 3. The fourth-order valence-electron chi connectivity index (χ4n) is 1.68. The number of aromatic carboxylic acids is 1. The minimum Gasteiger partial charge on any atom is -0.477 e. The van der Waals surface area contributed by atoms with Gasteiger partial charge in [-0.2, -0.15) is 0 Å². The number of hydrogen-bond donors (Lipinski definition) is 1. The molecule has 3 aromatic rings. The Balaban J connectivity index is 2.16. The van der Waals surface area contributed by atoms with Crippen LogP contribution in [0.25, 0.3) is 21.1 Å². The molecule has 0 radical (unpaired) electrons. The molecule has 0 spiro atoms. The summed E-state index contributed by atoms with van der Waals surface area (Å²) in [4.78, 5) is 20.9. The minimum atomic E-state index is -0.952. The first-order chi connectivity index (χ1) is 9.25. The molecule has 0 aliphatic heterocycles. The summed E-state index contributed by atoms with van der Waals surface area (Å²) < 4.78 is 0. The number of carboxylic acid groups (broad SMARTS) is 1. The summed E-state index contributed by atoms with van der Waals surface area (Å²) in [6.45, 7) is 0. The van der Waals surface area contributed by atoms with Crippen molar-refractivity contribution in [3.8, 4) is 21.1 Å². The fraction of sp³-hybridized carbons (Fsp3) is 0. The smallest absolute Gasteiger partial charge is 0.348 e. The molecule has 0 aliphatic carbocycles. The molecule has 1 aromatic carbocycles. The summed E-state index contributed by atoms with van der Waals surface area (Å²) >= 11 is 2.63. The molecule has 0 aliphatic rings. The van der Waals surface area contributed by atoms with E-state index in [4.69, 9.17) is 0 Å². The minimum absolute atomic E-state index is 0.259. The lowest BCUT2D eigenvalue weighted by Crippen LogP contribution is -1.95. The number of hydrogen-bond acceptors (Lipinski definition) is 5. The lowest BCUT2D eigenvalue weighted by Gasteiger charge is -1.97. The van der Waals surface area contributed by atoms with Crippen LogP contribution in [0.1, 0.15) is 9.67 Å². The Hall–Kier alpha value is -2.05. The molecule has 6 heteroatoms. The molecule has 0 bridgehead atoms. The van der Waals surface area contributed by atoms with E-state index in [2.05, 4.69) is 9.97 Å². The van der Waals surface area contributed by atoms with Crippen LogP contribution in [0, 0.1) is 0 Å². The lowest BCUT2D eigenvalue weighted by atomic mass is 10.1. The number of aromatic nitrogens is 2. The van der Waals surface area contributed by atoms with E-state index in [1.165, 1.54) is 22.7 Å². The van der Waals surface area contributed by atoms with Crippen molar-refractivity contribution >= 4 is 28.6 Å². The lowest BCUT2D eigenvalue weighted by molar-refractivity contribution is 0.0702. The van der Waals surface area contributed by atoms with Crippen LogP contribution >= 0.6 is 22.7 Å². The quantitative estimate of drug-likeness (QED) is 0.799. The maximum atomic E-state index is 11.3. The van der Waals surface area contributed by atoms with Crippen LogP contribution in [0.5, 0.6) is 0 Å². The third kappa shape index (κ3) is 2.27. The van der Waals surface area contributed by atoms with Crippen LogP contribution in [0.15, 0.2) is 42.0 Å². The second-order valence-corrected chi connectivity index (χ2v) is 5.62. The molecule has 0 fully saturated rings. The maximum Gasteiger partial charge on any atom is 0.348 e. The van der Waals surface area contributed by atoms with Gasteiger partial charge in [-0.15, -0.1) is 22.7 Å². The standard InChI is InChI=1S/C13H8N2O2S2/c16-13(17)11-10(8-4-2-1-3-5-8)15-12(19-11)9-6-14-7-18-9/h1-7H,(H,16,17). The van der Waals surface area contributed by atoms with Crippen molar-refractivity contribution in [3.63, 3.8) is 0 Å². The first kappa shape index (κ1) is 12.0. The molecule has 0 saturated heterocycles. The molecule has 0 atom stereocenters. The zero-order valence-corrected chi connectivity index (χ0v) is 11.2. The Kier molecular flexibility index (Phi) is 3.10. The van der Waals surface area contributed by atoms with E-state index in [1.54, 1.807) is 11.7 Å². The van der Waals surface area contributed by atoms with Crippen LogP contribution in [0.2, 0.25) is 0 Å². The zero-order valence-electron chi connectivity index (χ0n) is 9.61. The van der Waals surface area contributed by atoms with E-state index in [1.807, 2.05) is 30.3 Å². The van der Waals surface area contributed by atoms with Crippen LogP contribution in [0.4, 0.5) is 0 Å². The molecule has 19 heavy (non-hydrogen) atoms. The van der Waals surface area contributed by atoms with Crippen molar-refractivity contribution in [2.75, 3.05) is 0 Å². The molecule has 1 N–H and O–H groups in total. The van der Waals surface area contributed by atoms with E-state index in [-0.39, 0.29) is 4.88 Å². The van der Waals surface area contributed by atoms with Gasteiger partial charge in [-0.25, -0.2) is 9.78 Å². The molecule has 0 saturated carbocycles. The van der Waals surface area contributed by atoms with Gasteiger partial charge < -0.3 is 5.11 Å². The van der Waals surface area contributed by atoms with Crippen molar-refractivity contribution in [3.05, 3.63) is 46.9 Å². The zero-order chi connectivity index (χ0) is 13.2. The SMILES string of the molecule is O=C(O)c1sc(-c2cncs2)nc1-c1ccccc1. The first-order valence-corrected chi connectivity index (χ1v) is 7.13. The van der Waals surface area contributed by atoms with Crippen LogP contribution < -0.4 is 0 Å². The van der Waals surface area contributed by atoms with E-state index in [0.29, 0.717) is 10.7 Å². The molecule has 94 valence electrons. The van der Waals surface area contributed by atoms with Gasteiger partial charge in [0.15, 0.2) is 0 Å². The average molecular weight is 288 g/mol. The van der Waals surface area contributed by atoms with E-state index in [0.717, 1.165) is 10.4 Å². The second kappa shape index (κ2) is 4.91. The van der Waals surface area contributed by atoms with E-state index in [9.17, 15) is 9.90 Å². The summed E-state index contributed by atoms with van der Waals surface area (Å²) in [5.74, 6) is -0.952. The van der Waals surface area contributed by atoms with Crippen LogP contribution in [-0.2, 0) is 0 Å². The summed E-state index contributed by atoms with van der Waals surface area (Å²) in [7, 11) is 0. The first-order valence-electron chi connectivity index (χ1n) is 5.44. The number of carboxylic acids is 1. The molecule has 0 amide bonds. The van der Waals surface area contributed by atoms with E-state index >= 15 is 0 Å². The predicted molar refractivity (Wildman–Crippen MR) is 75.6 cm³/mol. The monoisotopic (exact) mass is 288 g/mol. The van der Waals surface area contributed by atoms with Gasteiger partial charge in [-0.3, -0.25) is 4.98 Å². The summed E-state index contributed by atoms with van der Waals surface area (Å²) in [5.41, 5.74) is 3.03. The fourth-order valence-corrected chi connectivity index (χ4v) is 3.29. The van der Waals surface area contributed by atoms with Gasteiger partial charge in [-0.1, -0.05) is 30.3 Å². The number of nitrogens with zero attached hydrogens (tertiary/aromatic N) is 2. The molecule has 3 rings (SSSR count). The van der Waals surface area contributed by atoms with Gasteiger partial charge in [-0.05, 0) is 0 Å². The normalized spacial score (nSPS) is 10.5. The average Bonchev–Trinajstić information content (AvgIpc) is 3.08. The van der Waals surface area contributed by atoms with Crippen LogP contribution in [0.3, 0.4) is 0 Å². The van der Waals surface area contributed by atoms with E-state index < -0.39 is 5.97 Å². The summed E-state index contributed by atoms with van der Waals surface area (Å²) in [6.07, 6.45) is 1.70. The van der Waals surface area contributed by atoms with Crippen molar-refractivity contribution in [2.24, 2.45) is 0 Å². The van der Waals surface area contributed by atoms with Crippen molar-refractivity contribution in [2.45, 2.75) is 0 Å². The molecule has 0 unspecified atom stereocenters. The Morgan fingerprint density at radius 2 is 2.00 bits per heavy atom. The molecule has 2 heterocycles. The highest BCUT2D eigenvalue weighted by Gasteiger charge is 2.19. The maximum absolute atomic E-state index is 11.3. The van der Waals surface area contributed by atoms with Gasteiger partial charge in [0.25, 0.3) is 0 Å². The third-order valence-corrected chi connectivity index (χ3v) is 4.50. The van der Waals surface area contributed by atoms with Gasteiger partial charge in [0.1, 0.15) is 9.88 Å². The van der Waals surface area contributed by atoms with Gasteiger partial charge in [0.2, 0.25) is 0 Å². The van der Waals surface area contributed by atoms with Gasteiger partial charge in [0, 0.05) is 11.8 Å². The van der Waals surface area contributed by atoms with Crippen molar-refractivity contribution in [1.29, 1.82) is 0 Å². The molecule has 4 nitrogen and oxygen atoms in total. The highest BCUT2D eigenvalue weighted by atomic mass is 32.1. The Labute approximate surface area is 117 Å².